The Balaban J connectivity index is 1.52. The number of benzene rings is 1. The Morgan fingerprint density at radius 1 is 0.962 bits per heavy atom. The second-order valence-corrected chi connectivity index (χ2v) is 7.73. The topological polar surface area (TPSA) is 36.7 Å². The molecule has 2 heteroatoms. The molecule has 1 saturated carbocycles. The molecule has 0 unspecified atom stereocenters. The quantitative estimate of drug-likeness (QED) is 0.513. The number of pyridine rings is 1. The SMILES string of the molecule is CCCCCC[C@H]1CC[C@H](c2ccc(-c3ccc(C#N)cc3)nc2)CC1. The highest BCUT2D eigenvalue weighted by Crippen LogP contribution is 2.37. The van der Waals surface area contributed by atoms with Gasteiger partial charge in [-0.2, -0.15) is 5.26 Å². The van der Waals surface area contributed by atoms with Crippen molar-refractivity contribution < 1.29 is 0 Å². The van der Waals surface area contributed by atoms with Crippen LogP contribution in [0.3, 0.4) is 0 Å². The van der Waals surface area contributed by atoms with E-state index in [0.29, 0.717) is 11.5 Å². The van der Waals surface area contributed by atoms with Crippen LogP contribution in [0.5, 0.6) is 0 Å². The third-order valence-electron chi connectivity index (χ3n) is 5.88. The minimum absolute atomic E-state index is 0.685. The van der Waals surface area contributed by atoms with Gasteiger partial charge in [-0.3, -0.25) is 4.98 Å². The summed E-state index contributed by atoms with van der Waals surface area (Å²) in [7, 11) is 0. The van der Waals surface area contributed by atoms with E-state index in [1.807, 2.05) is 24.3 Å². The van der Waals surface area contributed by atoms with E-state index >= 15 is 0 Å². The fourth-order valence-electron chi connectivity index (χ4n) is 4.18. The number of aromatic nitrogens is 1. The van der Waals surface area contributed by atoms with Crippen LogP contribution in [0.15, 0.2) is 42.6 Å². The summed E-state index contributed by atoms with van der Waals surface area (Å²) in [5.41, 5.74) is 4.15. The van der Waals surface area contributed by atoms with Gasteiger partial charge < -0.3 is 0 Å². The van der Waals surface area contributed by atoms with Gasteiger partial charge in [0, 0.05) is 11.8 Å². The maximum atomic E-state index is 8.90. The molecule has 26 heavy (non-hydrogen) atoms. The molecule has 0 bridgehead atoms. The van der Waals surface area contributed by atoms with Crippen molar-refractivity contribution in [3.8, 4) is 17.3 Å². The van der Waals surface area contributed by atoms with Crippen molar-refractivity contribution in [2.75, 3.05) is 0 Å². The average Bonchev–Trinajstić information content (AvgIpc) is 2.72. The fraction of sp³-hybridized carbons (Fsp3) is 0.500. The van der Waals surface area contributed by atoms with Gasteiger partial charge in [0.05, 0.1) is 17.3 Å². The first-order valence-electron chi connectivity index (χ1n) is 10.3. The predicted octanol–water partition coefficient (Wildman–Crippen LogP) is 6.86. The van der Waals surface area contributed by atoms with E-state index in [0.717, 1.165) is 17.2 Å². The maximum absolute atomic E-state index is 8.90. The number of nitriles is 1. The van der Waals surface area contributed by atoms with Gasteiger partial charge in [0.25, 0.3) is 0 Å². The first-order chi connectivity index (χ1) is 12.8. The number of hydrogen-bond donors (Lipinski definition) is 0. The second kappa shape index (κ2) is 9.53. The predicted molar refractivity (Wildman–Crippen MR) is 108 cm³/mol. The van der Waals surface area contributed by atoms with Gasteiger partial charge in [0.2, 0.25) is 0 Å². The molecule has 2 aromatic rings. The molecule has 0 amide bonds. The highest BCUT2D eigenvalue weighted by Gasteiger charge is 2.22. The first kappa shape index (κ1) is 18.6. The fourth-order valence-corrected chi connectivity index (χ4v) is 4.18. The van der Waals surface area contributed by atoms with E-state index in [2.05, 4.69) is 36.3 Å². The van der Waals surface area contributed by atoms with Gasteiger partial charge in [-0.1, -0.05) is 57.2 Å². The van der Waals surface area contributed by atoms with Crippen molar-refractivity contribution >= 4 is 0 Å². The minimum Gasteiger partial charge on any atom is -0.256 e. The molecule has 0 radical (unpaired) electrons. The van der Waals surface area contributed by atoms with Crippen LogP contribution in [0.4, 0.5) is 0 Å². The molecule has 0 saturated heterocycles. The van der Waals surface area contributed by atoms with Crippen LogP contribution in [0.25, 0.3) is 11.3 Å². The summed E-state index contributed by atoms with van der Waals surface area (Å²) in [6, 6.07) is 14.2. The van der Waals surface area contributed by atoms with E-state index in [9.17, 15) is 0 Å². The van der Waals surface area contributed by atoms with Gasteiger partial charge in [-0.15, -0.1) is 0 Å². The van der Waals surface area contributed by atoms with Gasteiger partial charge in [0.15, 0.2) is 0 Å². The van der Waals surface area contributed by atoms with Gasteiger partial charge in [0.1, 0.15) is 0 Å². The molecule has 136 valence electrons. The zero-order valence-electron chi connectivity index (χ0n) is 16.0. The molecule has 2 nitrogen and oxygen atoms in total. The molecule has 1 fully saturated rings. The molecular formula is C24H30N2. The van der Waals surface area contributed by atoms with E-state index in [-0.39, 0.29) is 0 Å². The van der Waals surface area contributed by atoms with E-state index in [4.69, 9.17) is 5.26 Å². The van der Waals surface area contributed by atoms with E-state index in [1.165, 1.54) is 63.4 Å². The number of nitrogens with zero attached hydrogens (tertiary/aromatic N) is 2. The zero-order chi connectivity index (χ0) is 18.2. The van der Waals surface area contributed by atoms with Gasteiger partial charge in [-0.25, -0.2) is 0 Å². The Morgan fingerprint density at radius 3 is 2.35 bits per heavy atom. The molecule has 1 aromatic heterocycles. The Hall–Kier alpha value is -2.14. The van der Waals surface area contributed by atoms with Crippen LogP contribution in [0.1, 0.15) is 81.8 Å². The number of rotatable bonds is 7. The molecule has 0 atom stereocenters. The largest absolute Gasteiger partial charge is 0.256 e. The lowest BCUT2D eigenvalue weighted by molar-refractivity contribution is 0.302. The third-order valence-corrected chi connectivity index (χ3v) is 5.88. The standard InChI is InChI=1S/C24H30N2/c1-2-3-4-5-6-19-7-11-21(12-8-19)23-15-16-24(26-18-23)22-13-9-20(17-25)10-14-22/h9-10,13-16,18-19,21H,2-8,11-12H2,1H3/t19-,21-. The summed E-state index contributed by atoms with van der Waals surface area (Å²) in [5.74, 6) is 1.64. The van der Waals surface area contributed by atoms with Gasteiger partial charge in [-0.05, 0) is 61.3 Å². The van der Waals surface area contributed by atoms with Crippen molar-refractivity contribution in [2.45, 2.75) is 70.6 Å². The number of unbranched alkanes of at least 4 members (excludes halogenated alkanes) is 3. The molecular weight excluding hydrogens is 316 g/mol. The average molecular weight is 347 g/mol. The second-order valence-electron chi connectivity index (χ2n) is 7.73. The lowest BCUT2D eigenvalue weighted by Gasteiger charge is -2.28. The third kappa shape index (κ3) is 4.94. The van der Waals surface area contributed by atoms with Crippen molar-refractivity contribution in [3.63, 3.8) is 0 Å². The molecule has 0 N–H and O–H groups in total. The lowest BCUT2D eigenvalue weighted by Crippen LogP contribution is -2.13. The van der Waals surface area contributed by atoms with Crippen molar-refractivity contribution in [2.24, 2.45) is 5.92 Å². The van der Waals surface area contributed by atoms with Crippen LogP contribution >= 0.6 is 0 Å². The minimum atomic E-state index is 0.685. The van der Waals surface area contributed by atoms with E-state index < -0.39 is 0 Å². The highest BCUT2D eigenvalue weighted by molar-refractivity contribution is 5.60. The molecule has 0 spiro atoms. The molecule has 3 rings (SSSR count). The summed E-state index contributed by atoms with van der Waals surface area (Å²) < 4.78 is 0. The first-order valence-corrected chi connectivity index (χ1v) is 10.3. The Kier molecular flexibility index (Phi) is 6.83. The summed E-state index contributed by atoms with van der Waals surface area (Å²) >= 11 is 0. The normalized spacial score (nSPS) is 19.8. The number of hydrogen-bond acceptors (Lipinski definition) is 2. The van der Waals surface area contributed by atoms with Crippen LogP contribution in [0, 0.1) is 17.2 Å². The van der Waals surface area contributed by atoms with E-state index in [1.54, 1.807) is 0 Å². The summed E-state index contributed by atoms with van der Waals surface area (Å²) in [5, 5.41) is 8.90. The Labute approximate surface area is 158 Å². The smallest absolute Gasteiger partial charge is 0.0991 e. The summed E-state index contributed by atoms with van der Waals surface area (Å²) in [4.78, 5) is 4.69. The molecule has 1 heterocycles. The summed E-state index contributed by atoms with van der Waals surface area (Å²) in [6.07, 6.45) is 14.5. The summed E-state index contributed by atoms with van der Waals surface area (Å²) in [6.45, 7) is 2.28. The van der Waals surface area contributed by atoms with Crippen LogP contribution in [-0.4, -0.2) is 4.98 Å². The monoisotopic (exact) mass is 346 g/mol. The highest BCUT2D eigenvalue weighted by atomic mass is 14.7. The molecule has 1 aromatic carbocycles. The van der Waals surface area contributed by atoms with Crippen LogP contribution in [0.2, 0.25) is 0 Å². The van der Waals surface area contributed by atoms with Crippen molar-refractivity contribution in [1.29, 1.82) is 5.26 Å². The van der Waals surface area contributed by atoms with Crippen molar-refractivity contribution in [1.82, 2.24) is 4.98 Å². The lowest BCUT2D eigenvalue weighted by atomic mass is 9.77. The molecule has 1 aliphatic rings. The Morgan fingerprint density at radius 2 is 1.73 bits per heavy atom. The molecule has 0 aliphatic heterocycles. The zero-order valence-corrected chi connectivity index (χ0v) is 16.0. The van der Waals surface area contributed by atoms with Gasteiger partial charge >= 0.3 is 0 Å². The Bertz CT molecular complexity index is 701. The van der Waals surface area contributed by atoms with Crippen LogP contribution < -0.4 is 0 Å². The molecule has 1 aliphatic carbocycles. The van der Waals surface area contributed by atoms with Crippen LogP contribution in [-0.2, 0) is 0 Å². The maximum Gasteiger partial charge on any atom is 0.0991 e. The van der Waals surface area contributed by atoms with Crippen molar-refractivity contribution in [3.05, 3.63) is 53.7 Å².